The lowest BCUT2D eigenvalue weighted by Crippen LogP contribution is -2.47. The fraction of sp³-hybridized carbons (Fsp3) is 0.542. The van der Waals surface area contributed by atoms with Gasteiger partial charge in [0.1, 0.15) is 46.3 Å². The molecule has 2 aromatic carbocycles. The molecule has 424 valence electrons. The first-order valence-corrected chi connectivity index (χ1v) is 26.6. The van der Waals surface area contributed by atoms with E-state index in [-0.39, 0.29) is 84.1 Å². The van der Waals surface area contributed by atoms with Gasteiger partial charge in [-0.1, -0.05) is 88.4 Å². The van der Waals surface area contributed by atoms with Crippen LogP contribution in [0.3, 0.4) is 0 Å². The van der Waals surface area contributed by atoms with Gasteiger partial charge in [-0.05, 0) is 89.5 Å². The third-order valence-electron chi connectivity index (χ3n) is 13.4. The zero-order valence-electron chi connectivity index (χ0n) is 47.0. The van der Waals surface area contributed by atoms with Gasteiger partial charge in [0, 0.05) is 37.4 Å². The monoisotopic (exact) mass is 1080 g/mol. The minimum atomic E-state index is -1.71. The number of amides is 2. The molecule has 19 heteroatoms. The van der Waals surface area contributed by atoms with Crippen molar-refractivity contribution < 1.29 is 71.3 Å². The Morgan fingerprint density at radius 2 is 0.962 bits per heavy atom. The second-order valence-electron chi connectivity index (χ2n) is 21.6. The Balaban J connectivity index is 1.18. The van der Waals surface area contributed by atoms with E-state index in [9.17, 15) is 24.0 Å². The van der Waals surface area contributed by atoms with E-state index in [2.05, 4.69) is 20.6 Å². The van der Waals surface area contributed by atoms with Gasteiger partial charge in [-0.15, -0.1) is 0 Å². The molecule has 2 fully saturated rings. The molecule has 0 aliphatic carbocycles. The molecule has 2 N–H and O–H groups in total. The molecule has 0 radical (unpaired) electrons. The predicted octanol–water partition coefficient (Wildman–Crippen LogP) is 7.74. The SMILES string of the molecule is COc1ccnc(C(=O)N[C@H]2COC[C@H](Cc3ccccc3)[C@@H](OCC(C)C)[C@H](C)OC2=O)c1C(C)(C)OC(=O)OC(C)(C)c1c(OC)ccnc1C(=O)N[C@H]1COC[C@H](Cc2ccccc2)[C@@H](OCC(C)C)[C@H](C)OC1=O. The quantitative estimate of drug-likeness (QED) is 0.0637. The first-order valence-electron chi connectivity index (χ1n) is 26.6. The summed E-state index contributed by atoms with van der Waals surface area (Å²) in [5, 5.41) is 5.46. The summed E-state index contributed by atoms with van der Waals surface area (Å²) in [5.74, 6) is -2.80. The molecule has 2 aliphatic heterocycles. The first-order chi connectivity index (χ1) is 37.1. The molecule has 0 spiro atoms. The van der Waals surface area contributed by atoms with Crippen molar-refractivity contribution in [2.75, 3.05) is 53.9 Å². The summed E-state index contributed by atoms with van der Waals surface area (Å²) in [6, 6.07) is 20.2. The highest BCUT2D eigenvalue weighted by Crippen LogP contribution is 2.39. The number of carbonyl (C=O) groups excluding carboxylic acids is 5. The van der Waals surface area contributed by atoms with Crippen LogP contribution in [0.15, 0.2) is 85.2 Å². The zero-order valence-corrected chi connectivity index (χ0v) is 47.0. The number of nitrogens with zero attached hydrogens (tertiary/aromatic N) is 2. The molecule has 2 amide bonds. The lowest BCUT2D eigenvalue weighted by Gasteiger charge is -2.32. The molecular formula is C59H78N4O15. The molecule has 0 saturated carbocycles. The van der Waals surface area contributed by atoms with Crippen LogP contribution in [0.25, 0.3) is 0 Å². The Morgan fingerprint density at radius 3 is 1.31 bits per heavy atom. The summed E-state index contributed by atoms with van der Waals surface area (Å²) < 4.78 is 60.4. The van der Waals surface area contributed by atoms with Gasteiger partial charge < -0.3 is 58.0 Å². The summed E-state index contributed by atoms with van der Waals surface area (Å²) in [4.78, 5) is 79.3. The van der Waals surface area contributed by atoms with E-state index in [0.29, 0.717) is 26.1 Å². The standard InChI is InChI=1S/C59H78N4O15/c1-35(2)29-73-51-37(5)75-55(66)43(33-71-31-41(51)27-39-19-15-13-16-20-39)62-53(64)49-47(45(69-11)23-25-60-49)58(7,8)77-57(68)78-59(9,10)48-46(70-12)24-26-61-50(48)54(65)63-44-34-72-32-42(28-40-21-17-14-18-22-40)52(74-30-36(3)4)38(6)76-56(44)67/h13-26,35-38,41-44,51-52H,27-34H2,1-12H3,(H,62,64)(H,63,65)/t37-,38-,41-,42-,43-,44-,51-,52-/m0/s1. The summed E-state index contributed by atoms with van der Waals surface area (Å²) in [6.07, 6.45) is 0.226. The van der Waals surface area contributed by atoms with Crippen molar-refractivity contribution >= 4 is 29.9 Å². The first kappa shape index (κ1) is 60.6. The van der Waals surface area contributed by atoms with Crippen LogP contribution in [0.1, 0.15) is 112 Å². The second-order valence-corrected chi connectivity index (χ2v) is 21.6. The summed E-state index contributed by atoms with van der Waals surface area (Å²) in [5.41, 5.74) is -1.66. The summed E-state index contributed by atoms with van der Waals surface area (Å²) in [6.45, 7) is 18.5. The Kier molecular flexibility index (Phi) is 21.6. The molecule has 8 atom stereocenters. The van der Waals surface area contributed by atoms with Crippen LogP contribution in [0, 0.1) is 23.7 Å². The van der Waals surface area contributed by atoms with Crippen molar-refractivity contribution in [1.29, 1.82) is 0 Å². The maximum atomic E-state index is 14.4. The van der Waals surface area contributed by atoms with Gasteiger partial charge in [0.2, 0.25) is 0 Å². The minimum absolute atomic E-state index is 0.0391. The third kappa shape index (κ3) is 16.2. The predicted molar refractivity (Wildman–Crippen MR) is 287 cm³/mol. The Hall–Kier alpha value is -6.67. The van der Waals surface area contributed by atoms with Crippen LogP contribution in [-0.2, 0) is 71.5 Å². The van der Waals surface area contributed by atoms with Crippen LogP contribution < -0.4 is 20.1 Å². The number of benzene rings is 2. The van der Waals surface area contributed by atoms with Gasteiger partial charge in [0.25, 0.3) is 11.8 Å². The lowest BCUT2D eigenvalue weighted by atomic mass is 9.91. The van der Waals surface area contributed by atoms with Gasteiger partial charge in [-0.3, -0.25) is 19.6 Å². The van der Waals surface area contributed by atoms with Crippen molar-refractivity contribution in [3.63, 3.8) is 0 Å². The van der Waals surface area contributed by atoms with Crippen molar-refractivity contribution in [3.8, 4) is 11.5 Å². The average Bonchev–Trinajstić information content (AvgIpc) is 3.47. The average molecular weight is 1080 g/mol. The fourth-order valence-electron chi connectivity index (χ4n) is 9.70. The maximum Gasteiger partial charge on any atom is 0.510 e. The van der Waals surface area contributed by atoms with Crippen LogP contribution >= 0.6 is 0 Å². The smallest absolute Gasteiger partial charge is 0.496 e. The summed E-state index contributed by atoms with van der Waals surface area (Å²) in [7, 11) is 2.75. The molecule has 2 aromatic heterocycles. The number of esters is 2. The molecule has 2 saturated heterocycles. The maximum absolute atomic E-state index is 14.4. The molecule has 0 unspecified atom stereocenters. The number of ether oxygens (including phenoxy) is 10. The van der Waals surface area contributed by atoms with Gasteiger partial charge in [-0.25, -0.2) is 14.4 Å². The number of cyclic esters (lactones) is 2. The zero-order chi connectivity index (χ0) is 56.7. The van der Waals surface area contributed by atoms with E-state index in [1.54, 1.807) is 13.8 Å². The molecule has 4 heterocycles. The molecule has 19 nitrogen and oxygen atoms in total. The van der Waals surface area contributed by atoms with Crippen molar-refractivity contribution in [2.24, 2.45) is 23.7 Å². The third-order valence-corrected chi connectivity index (χ3v) is 13.4. The van der Waals surface area contributed by atoms with E-state index in [0.717, 1.165) is 11.1 Å². The van der Waals surface area contributed by atoms with Crippen molar-refractivity contribution in [1.82, 2.24) is 20.6 Å². The highest BCUT2D eigenvalue weighted by atomic mass is 16.7. The summed E-state index contributed by atoms with van der Waals surface area (Å²) >= 11 is 0. The minimum Gasteiger partial charge on any atom is -0.496 e. The number of methoxy groups -OCH3 is 2. The van der Waals surface area contributed by atoms with Gasteiger partial charge in [0.15, 0.2) is 12.1 Å². The molecule has 6 rings (SSSR count). The van der Waals surface area contributed by atoms with Crippen LogP contribution in [0.5, 0.6) is 11.5 Å². The van der Waals surface area contributed by atoms with Crippen molar-refractivity contribution in [2.45, 2.75) is 130 Å². The number of aromatic nitrogens is 2. The van der Waals surface area contributed by atoms with E-state index in [4.69, 9.17) is 47.4 Å². The van der Waals surface area contributed by atoms with Gasteiger partial charge in [0.05, 0.1) is 64.0 Å². The Labute approximate surface area is 458 Å². The normalized spacial score (nSPS) is 22.5. The largest absolute Gasteiger partial charge is 0.510 e. The lowest BCUT2D eigenvalue weighted by molar-refractivity contribution is -0.161. The van der Waals surface area contributed by atoms with E-state index < -0.39 is 77.6 Å². The van der Waals surface area contributed by atoms with E-state index >= 15 is 0 Å². The van der Waals surface area contributed by atoms with Crippen LogP contribution in [-0.4, -0.2) is 130 Å². The fourth-order valence-corrected chi connectivity index (χ4v) is 9.70. The van der Waals surface area contributed by atoms with Crippen molar-refractivity contribution in [3.05, 3.63) is 119 Å². The Bertz CT molecular complexity index is 2450. The molecule has 78 heavy (non-hydrogen) atoms. The van der Waals surface area contributed by atoms with Gasteiger partial charge >= 0.3 is 18.1 Å². The number of hydrogen-bond acceptors (Lipinski definition) is 17. The van der Waals surface area contributed by atoms with Crippen LogP contribution in [0.2, 0.25) is 0 Å². The molecule has 0 bridgehead atoms. The number of hydrogen-bond donors (Lipinski definition) is 2. The van der Waals surface area contributed by atoms with E-state index in [1.165, 1.54) is 66.4 Å². The number of pyridine rings is 2. The second kappa shape index (κ2) is 27.8. The highest BCUT2D eigenvalue weighted by Gasteiger charge is 2.43. The van der Waals surface area contributed by atoms with Gasteiger partial charge in [-0.2, -0.15) is 0 Å². The van der Waals surface area contributed by atoms with E-state index in [1.807, 2.05) is 88.4 Å². The Morgan fingerprint density at radius 1 is 0.590 bits per heavy atom. The number of nitrogens with one attached hydrogen (secondary N) is 2. The molecular weight excluding hydrogens is 1000 g/mol. The molecule has 2 aliphatic rings. The topological polar surface area (TPSA) is 227 Å². The highest BCUT2D eigenvalue weighted by molar-refractivity contribution is 5.98. The van der Waals surface area contributed by atoms with Crippen LogP contribution in [0.4, 0.5) is 4.79 Å². The number of rotatable bonds is 20. The molecule has 4 aromatic rings. The number of carbonyl (C=O) groups is 5.